The van der Waals surface area contributed by atoms with E-state index in [1.54, 1.807) is 30.3 Å². The number of anilines is 2. The van der Waals surface area contributed by atoms with E-state index in [1.165, 1.54) is 13.3 Å². The highest BCUT2D eigenvalue weighted by Crippen LogP contribution is 2.27. The van der Waals surface area contributed by atoms with Crippen LogP contribution in [0.2, 0.25) is 0 Å². The number of rotatable bonds is 8. The normalized spacial score (nSPS) is 14.5. The van der Waals surface area contributed by atoms with Crippen LogP contribution in [0.1, 0.15) is 46.3 Å². The Morgan fingerprint density at radius 1 is 1.05 bits per heavy atom. The molecule has 0 spiro atoms. The van der Waals surface area contributed by atoms with Crippen molar-refractivity contribution in [1.82, 2.24) is 5.43 Å². The monoisotopic (exact) mass is 514 g/mol. The standard InChI is InChI=1S/C29H30N4O5/c1-37-27(34)17-25-9-5-8-22-12-13-23(16-26(22)31-25)28(35)32-24-14-10-20(11-15-24)18-30-33-29(36)38-19-21-6-3-2-4-7-21/h2-4,6-7,10-16,18,25,31H,5,8-9,17,19H2,1H3,(H,32,35)(H,33,36)/b30-18+. The number of hydrogen-bond acceptors (Lipinski definition) is 7. The number of esters is 1. The maximum Gasteiger partial charge on any atom is 0.428 e. The van der Waals surface area contributed by atoms with Crippen molar-refractivity contribution in [3.8, 4) is 0 Å². The summed E-state index contributed by atoms with van der Waals surface area (Å²) in [6, 6.07) is 22.0. The molecule has 1 heterocycles. The van der Waals surface area contributed by atoms with Crippen LogP contribution in [0.15, 0.2) is 77.9 Å². The molecule has 9 nitrogen and oxygen atoms in total. The Kier molecular flexibility index (Phi) is 9.07. The molecule has 0 saturated carbocycles. The van der Waals surface area contributed by atoms with Crippen molar-refractivity contribution < 1.29 is 23.9 Å². The second-order valence-corrected chi connectivity index (χ2v) is 8.89. The average Bonchev–Trinajstić information content (AvgIpc) is 3.14. The van der Waals surface area contributed by atoms with Gasteiger partial charge in [-0.3, -0.25) is 9.59 Å². The second kappa shape index (κ2) is 13.0. The van der Waals surface area contributed by atoms with E-state index in [0.29, 0.717) is 11.3 Å². The molecule has 38 heavy (non-hydrogen) atoms. The molecule has 1 unspecified atom stereocenters. The van der Waals surface area contributed by atoms with E-state index in [9.17, 15) is 14.4 Å². The molecule has 1 atom stereocenters. The number of carbonyl (C=O) groups excluding carboxylic acids is 3. The van der Waals surface area contributed by atoms with Gasteiger partial charge in [0.1, 0.15) is 6.61 Å². The summed E-state index contributed by atoms with van der Waals surface area (Å²) in [4.78, 5) is 36.4. The Morgan fingerprint density at radius 3 is 2.61 bits per heavy atom. The third-order valence-corrected chi connectivity index (χ3v) is 6.12. The van der Waals surface area contributed by atoms with Gasteiger partial charge in [-0.05, 0) is 60.2 Å². The Bertz CT molecular complexity index is 1290. The number of hydrogen-bond donors (Lipinski definition) is 3. The van der Waals surface area contributed by atoms with Gasteiger partial charge in [0, 0.05) is 23.0 Å². The van der Waals surface area contributed by atoms with Crippen LogP contribution in [-0.2, 0) is 27.3 Å². The topological polar surface area (TPSA) is 118 Å². The maximum atomic E-state index is 12.9. The minimum Gasteiger partial charge on any atom is -0.469 e. The first-order valence-electron chi connectivity index (χ1n) is 12.4. The van der Waals surface area contributed by atoms with Crippen molar-refractivity contribution in [2.24, 2.45) is 5.10 Å². The van der Waals surface area contributed by atoms with Gasteiger partial charge in [-0.2, -0.15) is 5.10 Å². The summed E-state index contributed by atoms with van der Waals surface area (Å²) in [6.45, 7) is 0.158. The Balaban J connectivity index is 1.29. The molecule has 196 valence electrons. The molecule has 0 radical (unpaired) electrons. The maximum absolute atomic E-state index is 12.9. The lowest BCUT2D eigenvalue weighted by molar-refractivity contribution is -0.140. The van der Waals surface area contributed by atoms with Crippen LogP contribution in [0.3, 0.4) is 0 Å². The predicted molar refractivity (Wildman–Crippen MR) is 145 cm³/mol. The van der Waals surface area contributed by atoms with Crippen LogP contribution >= 0.6 is 0 Å². The molecule has 0 aromatic heterocycles. The number of aryl methyl sites for hydroxylation is 1. The van der Waals surface area contributed by atoms with Gasteiger partial charge in [0.05, 0.1) is 19.7 Å². The highest BCUT2D eigenvalue weighted by atomic mass is 16.6. The van der Waals surface area contributed by atoms with Crippen molar-refractivity contribution >= 4 is 35.6 Å². The molecular formula is C29H30N4O5. The molecule has 4 rings (SSSR count). The van der Waals surface area contributed by atoms with Gasteiger partial charge in [0.15, 0.2) is 0 Å². The molecule has 0 saturated heterocycles. The molecule has 2 amide bonds. The minimum atomic E-state index is -0.652. The van der Waals surface area contributed by atoms with E-state index >= 15 is 0 Å². The zero-order valence-electron chi connectivity index (χ0n) is 21.1. The smallest absolute Gasteiger partial charge is 0.428 e. The van der Waals surface area contributed by atoms with Crippen LogP contribution in [0.5, 0.6) is 0 Å². The van der Waals surface area contributed by atoms with Crippen LogP contribution < -0.4 is 16.1 Å². The third kappa shape index (κ3) is 7.67. The molecule has 0 bridgehead atoms. The lowest BCUT2D eigenvalue weighted by Gasteiger charge is -2.17. The SMILES string of the molecule is COC(=O)CC1CCCc2ccc(C(=O)Nc3ccc(/C=N/NC(=O)OCc4ccccc4)cc3)cc2N1. The number of carbonyl (C=O) groups is 3. The summed E-state index contributed by atoms with van der Waals surface area (Å²) in [5.41, 5.74) is 7.06. The zero-order chi connectivity index (χ0) is 26.7. The average molecular weight is 515 g/mol. The van der Waals surface area contributed by atoms with Crippen LogP contribution in [-0.4, -0.2) is 37.3 Å². The van der Waals surface area contributed by atoms with E-state index in [0.717, 1.165) is 41.6 Å². The Hall–Kier alpha value is -4.66. The van der Waals surface area contributed by atoms with Crippen LogP contribution in [0.25, 0.3) is 0 Å². The summed E-state index contributed by atoms with van der Waals surface area (Å²) in [5, 5.41) is 10.2. The number of hydrazone groups is 1. The van der Waals surface area contributed by atoms with E-state index in [2.05, 4.69) is 21.2 Å². The fourth-order valence-electron chi connectivity index (χ4n) is 4.11. The highest BCUT2D eigenvalue weighted by molar-refractivity contribution is 6.05. The number of nitrogens with zero attached hydrogens (tertiary/aromatic N) is 1. The molecule has 9 heteroatoms. The van der Waals surface area contributed by atoms with Gasteiger partial charge in [-0.15, -0.1) is 0 Å². The molecule has 3 aromatic rings. The summed E-state index contributed by atoms with van der Waals surface area (Å²) in [6.07, 6.45) is 3.80. The second-order valence-electron chi connectivity index (χ2n) is 8.89. The lowest BCUT2D eigenvalue weighted by Crippen LogP contribution is -2.23. The minimum absolute atomic E-state index is 0.0311. The first kappa shape index (κ1) is 26.4. The molecular weight excluding hydrogens is 484 g/mol. The van der Waals surface area contributed by atoms with Crippen LogP contribution in [0, 0.1) is 0 Å². The summed E-state index contributed by atoms with van der Waals surface area (Å²) < 4.78 is 9.90. The van der Waals surface area contributed by atoms with Gasteiger partial charge >= 0.3 is 12.1 Å². The van der Waals surface area contributed by atoms with Gasteiger partial charge in [0.25, 0.3) is 5.91 Å². The zero-order valence-corrected chi connectivity index (χ0v) is 21.1. The molecule has 0 fully saturated rings. The fourth-order valence-corrected chi connectivity index (χ4v) is 4.11. The van der Waals surface area contributed by atoms with E-state index < -0.39 is 6.09 Å². The van der Waals surface area contributed by atoms with Crippen molar-refractivity contribution in [1.29, 1.82) is 0 Å². The van der Waals surface area contributed by atoms with Crippen molar-refractivity contribution in [2.45, 2.75) is 38.3 Å². The van der Waals surface area contributed by atoms with Crippen LogP contribution in [0.4, 0.5) is 16.2 Å². The fraction of sp³-hybridized carbons (Fsp3) is 0.241. The van der Waals surface area contributed by atoms with Gasteiger partial charge in [-0.1, -0.05) is 48.5 Å². The summed E-state index contributed by atoms with van der Waals surface area (Å²) in [7, 11) is 1.38. The Morgan fingerprint density at radius 2 is 1.84 bits per heavy atom. The predicted octanol–water partition coefficient (Wildman–Crippen LogP) is 4.88. The van der Waals surface area contributed by atoms with E-state index in [1.807, 2.05) is 42.5 Å². The van der Waals surface area contributed by atoms with E-state index in [4.69, 9.17) is 9.47 Å². The number of methoxy groups -OCH3 is 1. The summed E-state index contributed by atoms with van der Waals surface area (Å²) >= 11 is 0. The van der Waals surface area contributed by atoms with Gasteiger partial charge < -0.3 is 20.1 Å². The Labute approximate surface area is 221 Å². The first-order chi connectivity index (χ1) is 18.5. The number of fused-ring (bicyclic) bond motifs is 1. The number of amides is 2. The quantitative estimate of drug-likeness (QED) is 0.224. The largest absolute Gasteiger partial charge is 0.469 e. The lowest BCUT2D eigenvalue weighted by atomic mass is 10.0. The molecule has 0 aliphatic carbocycles. The first-order valence-corrected chi connectivity index (χ1v) is 12.4. The molecule has 3 aromatic carbocycles. The number of nitrogens with one attached hydrogen (secondary N) is 3. The van der Waals surface area contributed by atoms with Crippen molar-refractivity contribution in [3.05, 3.63) is 95.1 Å². The van der Waals surface area contributed by atoms with E-state index in [-0.39, 0.29) is 30.9 Å². The van der Waals surface area contributed by atoms with Crippen molar-refractivity contribution in [3.63, 3.8) is 0 Å². The summed E-state index contributed by atoms with van der Waals surface area (Å²) in [5.74, 6) is -0.500. The van der Waals surface area contributed by atoms with Gasteiger partial charge in [-0.25, -0.2) is 10.2 Å². The van der Waals surface area contributed by atoms with Gasteiger partial charge in [0.2, 0.25) is 0 Å². The molecule has 1 aliphatic heterocycles. The number of ether oxygens (including phenoxy) is 2. The van der Waals surface area contributed by atoms with Crippen molar-refractivity contribution in [2.75, 3.05) is 17.7 Å². The number of benzene rings is 3. The molecule has 3 N–H and O–H groups in total. The molecule has 1 aliphatic rings. The highest BCUT2D eigenvalue weighted by Gasteiger charge is 2.20. The third-order valence-electron chi connectivity index (χ3n) is 6.12.